The van der Waals surface area contributed by atoms with E-state index in [1.54, 1.807) is 11.3 Å². The number of hydrogen-bond donors (Lipinski definition) is 0. The molecule has 1 saturated heterocycles. The Labute approximate surface area is 144 Å². The minimum atomic E-state index is 0.137. The van der Waals surface area contributed by atoms with Crippen molar-refractivity contribution < 1.29 is 14.1 Å². The molecule has 6 nitrogen and oxygen atoms in total. The van der Waals surface area contributed by atoms with Gasteiger partial charge in [-0.05, 0) is 44.7 Å². The van der Waals surface area contributed by atoms with Gasteiger partial charge in [0.1, 0.15) is 6.61 Å². The summed E-state index contributed by atoms with van der Waals surface area (Å²) in [5.74, 6) is 2.01. The first-order chi connectivity index (χ1) is 11.7. The SMILES string of the molecule is Cc1ccc(C(=O)N2CCC(OCc3nc(C4CC4)no3)CC2)s1. The standard InChI is InChI=1S/C17H21N3O3S/c1-11-2-5-14(24-11)17(21)20-8-6-13(7-9-20)22-10-15-18-16(19-23-15)12-3-4-12/h2,5,12-13H,3-4,6-10H2,1H3. The van der Waals surface area contributed by atoms with Gasteiger partial charge in [-0.3, -0.25) is 4.79 Å². The zero-order valence-corrected chi connectivity index (χ0v) is 14.6. The van der Waals surface area contributed by atoms with E-state index in [4.69, 9.17) is 9.26 Å². The zero-order valence-electron chi connectivity index (χ0n) is 13.7. The summed E-state index contributed by atoms with van der Waals surface area (Å²) in [5, 5.41) is 3.99. The van der Waals surface area contributed by atoms with Crippen molar-refractivity contribution in [1.82, 2.24) is 15.0 Å². The highest BCUT2D eigenvalue weighted by atomic mass is 32.1. The molecule has 0 bridgehead atoms. The van der Waals surface area contributed by atoms with Crippen LogP contribution in [-0.4, -0.2) is 40.1 Å². The number of aryl methyl sites for hydroxylation is 1. The highest BCUT2D eigenvalue weighted by molar-refractivity contribution is 7.13. The van der Waals surface area contributed by atoms with Crippen molar-refractivity contribution in [2.45, 2.75) is 51.2 Å². The van der Waals surface area contributed by atoms with Crippen molar-refractivity contribution in [2.75, 3.05) is 13.1 Å². The molecule has 0 atom stereocenters. The average molecular weight is 347 g/mol. The number of likely N-dealkylation sites (tertiary alicyclic amines) is 1. The molecule has 2 aliphatic rings. The summed E-state index contributed by atoms with van der Waals surface area (Å²) in [5.41, 5.74) is 0. The molecule has 0 radical (unpaired) electrons. The normalized spacial score (nSPS) is 19.0. The fourth-order valence-corrected chi connectivity index (χ4v) is 3.79. The molecule has 0 unspecified atom stereocenters. The Hall–Kier alpha value is -1.73. The summed E-state index contributed by atoms with van der Waals surface area (Å²) < 4.78 is 11.1. The summed E-state index contributed by atoms with van der Waals surface area (Å²) in [6.45, 7) is 3.85. The fourth-order valence-electron chi connectivity index (χ4n) is 2.95. The minimum absolute atomic E-state index is 0.137. The third-order valence-electron chi connectivity index (χ3n) is 4.55. The summed E-state index contributed by atoms with van der Waals surface area (Å²) in [4.78, 5) is 20.7. The Balaban J connectivity index is 1.24. The van der Waals surface area contributed by atoms with Crippen LogP contribution in [0.3, 0.4) is 0 Å². The summed E-state index contributed by atoms with van der Waals surface area (Å²) >= 11 is 1.56. The predicted molar refractivity (Wildman–Crippen MR) is 89.0 cm³/mol. The quantitative estimate of drug-likeness (QED) is 0.831. The molecule has 7 heteroatoms. The second-order valence-corrected chi connectivity index (χ2v) is 7.82. The highest BCUT2D eigenvalue weighted by Gasteiger charge is 2.29. The maximum Gasteiger partial charge on any atom is 0.263 e. The van der Waals surface area contributed by atoms with Crippen molar-refractivity contribution in [3.8, 4) is 0 Å². The smallest absolute Gasteiger partial charge is 0.263 e. The number of hydrogen-bond acceptors (Lipinski definition) is 6. The van der Waals surface area contributed by atoms with Crippen LogP contribution < -0.4 is 0 Å². The van der Waals surface area contributed by atoms with Crippen LogP contribution in [0.1, 0.15) is 57.9 Å². The second kappa shape index (κ2) is 6.64. The van der Waals surface area contributed by atoms with Crippen molar-refractivity contribution in [3.63, 3.8) is 0 Å². The third-order valence-corrected chi connectivity index (χ3v) is 5.54. The Morgan fingerprint density at radius 3 is 2.79 bits per heavy atom. The lowest BCUT2D eigenvalue weighted by molar-refractivity contribution is -0.00969. The monoisotopic (exact) mass is 347 g/mol. The molecule has 2 aromatic rings. The number of piperidine rings is 1. The van der Waals surface area contributed by atoms with Crippen molar-refractivity contribution in [1.29, 1.82) is 0 Å². The van der Waals surface area contributed by atoms with E-state index in [0.29, 0.717) is 18.4 Å². The van der Waals surface area contributed by atoms with E-state index in [0.717, 1.165) is 49.5 Å². The molecule has 1 aliphatic carbocycles. The van der Waals surface area contributed by atoms with Crippen LogP contribution in [-0.2, 0) is 11.3 Å². The molecule has 1 aliphatic heterocycles. The molecule has 0 aromatic carbocycles. The first kappa shape index (κ1) is 15.8. The lowest BCUT2D eigenvalue weighted by Crippen LogP contribution is -2.40. The van der Waals surface area contributed by atoms with Gasteiger partial charge in [-0.15, -0.1) is 11.3 Å². The molecule has 1 amide bonds. The molecular formula is C17H21N3O3S. The van der Waals surface area contributed by atoms with Gasteiger partial charge < -0.3 is 14.2 Å². The number of thiophene rings is 1. The van der Waals surface area contributed by atoms with Crippen molar-refractivity contribution in [3.05, 3.63) is 33.6 Å². The fraction of sp³-hybridized carbons (Fsp3) is 0.588. The van der Waals surface area contributed by atoms with Crippen molar-refractivity contribution in [2.24, 2.45) is 0 Å². The lowest BCUT2D eigenvalue weighted by Gasteiger charge is -2.31. The number of aromatic nitrogens is 2. The van der Waals surface area contributed by atoms with Crippen LogP contribution in [0, 0.1) is 6.92 Å². The van der Waals surface area contributed by atoms with Crippen molar-refractivity contribution >= 4 is 17.2 Å². The van der Waals surface area contributed by atoms with E-state index in [9.17, 15) is 4.79 Å². The summed E-state index contributed by atoms with van der Waals surface area (Å²) in [7, 11) is 0. The molecule has 0 N–H and O–H groups in total. The van der Waals surface area contributed by atoms with E-state index in [-0.39, 0.29) is 12.0 Å². The predicted octanol–water partition coefficient (Wildman–Crippen LogP) is 3.14. The Bertz CT molecular complexity index is 714. The van der Waals surface area contributed by atoms with Crippen LogP contribution in [0.25, 0.3) is 0 Å². The summed E-state index contributed by atoms with van der Waals surface area (Å²) in [6, 6.07) is 3.91. The first-order valence-electron chi connectivity index (χ1n) is 8.49. The number of nitrogens with zero attached hydrogens (tertiary/aromatic N) is 3. The summed E-state index contributed by atoms with van der Waals surface area (Å²) in [6.07, 6.45) is 4.17. The maximum absolute atomic E-state index is 12.4. The molecule has 24 heavy (non-hydrogen) atoms. The van der Waals surface area contributed by atoms with Gasteiger partial charge >= 0.3 is 0 Å². The molecule has 4 rings (SSSR count). The average Bonchev–Trinajstić information content (AvgIpc) is 3.19. The van der Waals surface area contributed by atoms with E-state index in [2.05, 4.69) is 10.1 Å². The molecule has 128 valence electrons. The number of carbonyl (C=O) groups is 1. The van der Waals surface area contributed by atoms with Crippen LogP contribution in [0.15, 0.2) is 16.7 Å². The molecule has 2 aromatic heterocycles. The Morgan fingerprint density at radius 2 is 2.12 bits per heavy atom. The number of ether oxygens (including phenoxy) is 1. The molecule has 1 saturated carbocycles. The van der Waals surface area contributed by atoms with E-state index < -0.39 is 0 Å². The topological polar surface area (TPSA) is 68.5 Å². The van der Waals surface area contributed by atoms with Gasteiger partial charge in [-0.1, -0.05) is 5.16 Å². The lowest BCUT2D eigenvalue weighted by atomic mass is 10.1. The van der Waals surface area contributed by atoms with Gasteiger partial charge in [-0.25, -0.2) is 0 Å². The van der Waals surface area contributed by atoms with Gasteiger partial charge in [0, 0.05) is 23.9 Å². The Morgan fingerprint density at radius 1 is 1.33 bits per heavy atom. The molecule has 2 fully saturated rings. The van der Waals surface area contributed by atoms with Gasteiger partial charge in [0.05, 0.1) is 11.0 Å². The van der Waals surface area contributed by atoms with Crippen LogP contribution >= 0.6 is 11.3 Å². The largest absolute Gasteiger partial charge is 0.368 e. The first-order valence-corrected chi connectivity index (χ1v) is 9.30. The van der Waals surface area contributed by atoms with E-state index in [1.807, 2.05) is 24.0 Å². The van der Waals surface area contributed by atoms with Gasteiger partial charge in [-0.2, -0.15) is 4.98 Å². The van der Waals surface area contributed by atoms with Crippen LogP contribution in [0.5, 0.6) is 0 Å². The zero-order chi connectivity index (χ0) is 16.5. The third kappa shape index (κ3) is 3.52. The van der Waals surface area contributed by atoms with Crippen LogP contribution in [0.4, 0.5) is 0 Å². The van der Waals surface area contributed by atoms with Gasteiger partial charge in [0.15, 0.2) is 5.82 Å². The van der Waals surface area contributed by atoms with E-state index >= 15 is 0 Å². The van der Waals surface area contributed by atoms with Crippen LogP contribution in [0.2, 0.25) is 0 Å². The number of carbonyl (C=O) groups excluding carboxylic acids is 1. The molecule has 0 spiro atoms. The molecular weight excluding hydrogens is 326 g/mol. The maximum atomic E-state index is 12.4. The molecule has 3 heterocycles. The highest BCUT2D eigenvalue weighted by Crippen LogP contribution is 2.38. The Kier molecular flexibility index (Phi) is 4.37. The number of rotatable bonds is 5. The van der Waals surface area contributed by atoms with Gasteiger partial charge in [0.2, 0.25) is 0 Å². The van der Waals surface area contributed by atoms with E-state index in [1.165, 1.54) is 4.88 Å². The number of amides is 1. The second-order valence-electron chi connectivity index (χ2n) is 6.53. The minimum Gasteiger partial charge on any atom is -0.368 e. The van der Waals surface area contributed by atoms with Gasteiger partial charge in [0.25, 0.3) is 11.8 Å².